The molecule has 0 aliphatic carbocycles. The van der Waals surface area contributed by atoms with Crippen LogP contribution in [0, 0.1) is 0 Å². The molecule has 1 atom stereocenters. The lowest BCUT2D eigenvalue weighted by molar-refractivity contribution is -0.139. The van der Waals surface area contributed by atoms with Crippen molar-refractivity contribution < 1.29 is 38.1 Å². The molecule has 0 aliphatic heterocycles. The van der Waals surface area contributed by atoms with Gasteiger partial charge in [0.1, 0.15) is 28.6 Å². The average Bonchev–Trinajstić information content (AvgIpc) is 2.61. The van der Waals surface area contributed by atoms with E-state index in [0.29, 0.717) is 10.9 Å². The van der Waals surface area contributed by atoms with Gasteiger partial charge in [0.15, 0.2) is 0 Å². The van der Waals surface area contributed by atoms with Crippen molar-refractivity contribution in [1.82, 2.24) is 5.32 Å². The van der Waals surface area contributed by atoms with Crippen LogP contribution in [-0.2, 0) is 20.7 Å². The molecule has 0 radical (unpaired) electrons. The van der Waals surface area contributed by atoms with E-state index >= 15 is 0 Å². The number of carbonyl (C=O) groups is 3. The first-order valence-electron chi connectivity index (χ1n) is 10.3. The van der Waals surface area contributed by atoms with E-state index < -0.39 is 41.1 Å². The lowest BCUT2D eigenvalue weighted by atomic mass is 10.0. The molecular formula is C23H29NO9. The normalized spacial score (nSPS) is 12.7. The number of ether oxygens (including phenoxy) is 3. The van der Waals surface area contributed by atoms with Crippen molar-refractivity contribution in [1.29, 1.82) is 0 Å². The molecule has 0 spiro atoms. The largest absolute Gasteiger partial charge is 0.514 e. The summed E-state index contributed by atoms with van der Waals surface area (Å²) in [7, 11) is 0. The van der Waals surface area contributed by atoms with Gasteiger partial charge in [0.25, 0.3) is 0 Å². The Hall–Kier alpha value is -3.56. The zero-order valence-electron chi connectivity index (χ0n) is 19.5. The summed E-state index contributed by atoms with van der Waals surface area (Å²) in [5.41, 5.74) is -1.49. The number of benzene rings is 1. The number of aryl methyl sites for hydroxylation is 1. The van der Waals surface area contributed by atoms with E-state index in [2.05, 4.69) is 5.32 Å². The molecule has 1 aromatic heterocycles. The summed E-state index contributed by atoms with van der Waals surface area (Å²) < 4.78 is 20.5. The van der Waals surface area contributed by atoms with Crippen LogP contribution in [0.1, 0.15) is 53.5 Å². The molecule has 1 amide bonds. The Bertz CT molecular complexity index is 1090. The molecule has 1 heterocycles. The maximum atomic E-state index is 12.0. The predicted molar refractivity (Wildman–Crippen MR) is 118 cm³/mol. The zero-order valence-corrected chi connectivity index (χ0v) is 19.5. The first-order valence-corrected chi connectivity index (χ1v) is 10.3. The van der Waals surface area contributed by atoms with Crippen LogP contribution in [-0.4, -0.2) is 40.6 Å². The summed E-state index contributed by atoms with van der Waals surface area (Å²) in [4.78, 5) is 47.4. The molecule has 0 unspecified atom stereocenters. The first-order chi connectivity index (χ1) is 15.1. The van der Waals surface area contributed by atoms with Crippen LogP contribution in [0.3, 0.4) is 0 Å². The van der Waals surface area contributed by atoms with Gasteiger partial charge in [0, 0.05) is 17.5 Å². The first kappa shape index (κ1) is 25.7. The molecule has 10 heteroatoms. The van der Waals surface area contributed by atoms with Crippen LogP contribution in [0.5, 0.6) is 5.75 Å². The second-order valence-corrected chi connectivity index (χ2v) is 9.39. The van der Waals surface area contributed by atoms with Gasteiger partial charge in [-0.05, 0) is 72.1 Å². The van der Waals surface area contributed by atoms with Gasteiger partial charge in [-0.1, -0.05) is 0 Å². The number of rotatable bonds is 6. The molecule has 0 saturated heterocycles. The quantitative estimate of drug-likeness (QED) is 0.369. The monoisotopic (exact) mass is 463 g/mol. The molecule has 2 aromatic rings. The fourth-order valence-electron chi connectivity index (χ4n) is 2.85. The molecular weight excluding hydrogens is 434 g/mol. The van der Waals surface area contributed by atoms with Crippen molar-refractivity contribution in [2.24, 2.45) is 0 Å². The van der Waals surface area contributed by atoms with Crippen LogP contribution in [0.4, 0.5) is 9.59 Å². The van der Waals surface area contributed by atoms with E-state index in [1.54, 1.807) is 47.6 Å². The third-order valence-electron chi connectivity index (χ3n) is 4.08. The highest BCUT2D eigenvalue weighted by atomic mass is 16.7. The average molecular weight is 463 g/mol. The van der Waals surface area contributed by atoms with Crippen LogP contribution < -0.4 is 15.7 Å². The fraction of sp³-hybridized carbons (Fsp3) is 0.478. The summed E-state index contributed by atoms with van der Waals surface area (Å²) in [5.74, 6) is -1.12. The van der Waals surface area contributed by atoms with Gasteiger partial charge in [-0.15, -0.1) is 0 Å². The highest BCUT2D eigenvalue weighted by Gasteiger charge is 2.24. The van der Waals surface area contributed by atoms with Gasteiger partial charge in [-0.25, -0.2) is 19.2 Å². The minimum Gasteiger partial charge on any atom is -0.480 e. The molecule has 33 heavy (non-hydrogen) atoms. The van der Waals surface area contributed by atoms with Crippen molar-refractivity contribution in [3.05, 3.63) is 40.2 Å². The molecule has 2 rings (SSSR count). The molecule has 0 saturated carbocycles. The third kappa shape index (κ3) is 8.47. The minimum absolute atomic E-state index is 0.00326. The highest BCUT2D eigenvalue weighted by Crippen LogP contribution is 2.24. The molecule has 1 aromatic carbocycles. The Morgan fingerprint density at radius 2 is 1.67 bits per heavy atom. The Morgan fingerprint density at radius 3 is 2.24 bits per heavy atom. The van der Waals surface area contributed by atoms with Crippen molar-refractivity contribution in [2.75, 3.05) is 0 Å². The second-order valence-electron chi connectivity index (χ2n) is 9.39. The van der Waals surface area contributed by atoms with Crippen LogP contribution in [0.25, 0.3) is 11.0 Å². The number of amides is 1. The summed E-state index contributed by atoms with van der Waals surface area (Å²) in [6, 6.07) is 4.49. The smallest absolute Gasteiger partial charge is 0.480 e. The Morgan fingerprint density at radius 1 is 1.03 bits per heavy atom. The number of carboxylic acids is 1. The maximum absolute atomic E-state index is 12.0. The SMILES string of the molecule is CC(C)(C)OC(=O)N[C@@H](CCc1cc(=O)oc2cc(OC(=O)OC(C)(C)C)ccc12)C(=O)O. The van der Waals surface area contributed by atoms with Gasteiger partial charge >= 0.3 is 23.8 Å². The van der Waals surface area contributed by atoms with Crippen LogP contribution in [0.2, 0.25) is 0 Å². The minimum atomic E-state index is -1.24. The van der Waals surface area contributed by atoms with Crippen LogP contribution in [0.15, 0.2) is 33.5 Å². The number of carbonyl (C=O) groups excluding carboxylic acids is 2. The number of hydrogen-bond acceptors (Lipinski definition) is 8. The van der Waals surface area contributed by atoms with Gasteiger partial charge < -0.3 is 29.1 Å². The number of hydrogen-bond donors (Lipinski definition) is 2. The maximum Gasteiger partial charge on any atom is 0.514 e. The van der Waals surface area contributed by atoms with Gasteiger partial charge in [-0.2, -0.15) is 0 Å². The summed E-state index contributed by atoms with van der Waals surface area (Å²) in [5, 5.41) is 12.3. The number of carboxylic acid groups (broad SMARTS) is 1. The van der Waals surface area contributed by atoms with E-state index in [0.717, 1.165) is 0 Å². The Kier molecular flexibility index (Phi) is 7.73. The summed E-state index contributed by atoms with van der Waals surface area (Å²) in [6.45, 7) is 10.1. The van der Waals surface area contributed by atoms with E-state index in [-0.39, 0.29) is 24.2 Å². The van der Waals surface area contributed by atoms with Gasteiger partial charge in [0.05, 0.1) is 0 Å². The second kappa shape index (κ2) is 9.93. The van der Waals surface area contributed by atoms with E-state index in [4.69, 9.17) is 18.6 Å². The molecule has 0 aliphatic rings. The highest BCUT2D eigenvalue weighted by molar-refractivity contribution is 5.83. The lowest BCUT2D eigenvalue weighted by Crippen LogP contribution is -2.43. The third-order valence-corrected chi connectivity index (χ3v) is 4.08. The standard InChI is InChI=1S/C23H29NO9/c1-22(2,3)32-20(28)24-16(19(26)27)10-7-13-11-18(25)31-17-12-14(8-9-15(13)17)30-21(29)33-23(4,5)6/h8-9,11-12,16H,7,10H2,1-6H3,(H,24,28)(H,26,27)/t16-/m0/s1. The number of nitrogens with one attached hydrogen (secondary N) is 1. The van der Waals surface area contributed by atoms with E-state index in [1.807, 2.05) is 0 Å². The Labute approximate surface area is 190 Å². The molecule has 0 fully saturated rings. The summed E-state index contributed by atoms with van der Waals surface area (Å²) in [6.07, 6.45) is -1.60. The topological polar surface area (TPSA) is 141 Å². The Balaban J connectivity index is 2.19. The predicted octanol–water partition coefficient (Wildman–Crippen LogP) is 4.02. The molecule has 0 bridgehead atoms. The van der Waals surface area contributed by atoms with Crippen LogP contribution >= 0.6 is 0 Å². The lowest BCUT2D eigenvalue weighted by Gasteiger charge is -2.22. The molecule has 2 N–H and O–H groups in total. The fourth-order valence-corrected chi connectivity index (χ4v) is 2.85. The number of fused-ring (bicyclic) bond motifs is 1. The molecule has 10 nitrogen and oxygen atoms in total. The van der Waals surface area contributed by atoms with Crippen molar-refractivity contribution in [3.63, 3.8) is 0 Å². The van der Waals surface area contributed by atoms with Crippen molar-refractivity contribution in [2.45, 2.75) is 71.6 Å². The zero-order chi connectivity index (χ0) is 25.0. The van der Waals surface area contributed by atoms with E-state index in [1.165, 1.54) is 18.2 Å². The van der Waals surface area contributed by atoms with Gasteiger partial charge in [0.2, 0.25) is 0 Å². The van der Waals surface area contributed by atoms with Crippen molar-refractivity contribution in [3.8, 4) is 5.75 Å². The number of aliphatic carboxylic acids is 1. The summed E-state index contributed by atoms with van der Waals surface area (Å²) >= 11 is 0. The van der Waals surface area contributed by atoms with E-state index in [9.17, 15) is 24.3 Å². The number of alkyl carbamates (subject to hydrolysis) is 1. The van der Waals surface area contributed by atoms with Gasteiger partial charge in [-0.3, -0.25) is 0 Å². The van der Waals surface area contributed by atoms with Crippen molar-refractivity contribution >= 4 is 29.2 Å². The molecule has 180 valence electrons.